The van der Waals surface area contributed by atoms with Crippen molar-refractivity contribution >= 4 is 50.1 Å². The second-order valence-corrected chi connectivity index (χ2v) is 8.71. The molecule has 0 unspecified atom stereocenters. The quantitative estimate of drug-likeness (QED) is 0.386. The van der Waals surface area contributed by atoms with E-state index in [9.17, 15) is 8.42 Å². The minimum atomic E-state index is -4.03. The Morgan fingerprint density at radius 1 is 1.09 bits per heavy atom. The lowest BCUT2D eigenvalue weighted by Gasteiger charge is -2.13. The first-order valence-electron chi connectivity index (χ1n) is 9.24. The molecule has 3 aromatic heterocycles. The zero-order valence-electron chi connectivity index (χ0n) is 17.0. The zero-order valence-corrected chi connectivity index (χ0v) is 18.6. The minimum Gasteiger partial charge on any atom is -0.480 e. The number of fused-ring (bicyclic) bond motifs is 1. The average Bonchev–Trinajstić information content (AvgIpc) is 2.78. The van der Waals surface area contributed by atoms with Gasteiger partial charge in [0.2, 0.25) is 11.8 Å². The van der Waals surface area contributed by atoms with Gasteiger partial charge in [-0.2, -0.15) is 4.98 Å². The highest BCUT2D eigenvalue weighted by Crippen LogP contribution is 2.31. The summed E-state index contributed by atoms with van der Waals surface area (Å²) in [5.74, 6) is 0.612. The number of rotatable bonds is 6. The molecule has 0 fully saturated rings. The predicted octanol–water partition coefficient (Wildman–Crippen LogP) is 3.17. The summed E-state index contributed by atoms with van der Waals surface area (Å²) in [6.45, 7) is 0. The van der Waals surface area contributed by atoms with Gasteiger partial charge in [0.15, 0.2) is 10.5 Å². The maximum absolute atomic E-state index is 12.9. The molecule has 0 aliphatic carbocycles. The normalized spacial score (nSPS) is 11.3. The number of aromatic nitrogens is 4. The van der Waals surface area contributed by atoms with Crippen molar-refractivity contribution in [2.24, 2.45) is 0 Å². The van der Waals surface area contributed by atoms with Crippen LogP contribution in [0.15, 0.2) is 53.7 Å². The fourth-order valence-electron chi connectivity index (χ4n) is 3.04. The zero-order chi connectivity index (χ0) is 22.9. The lowest BCUT2D eigenvalue weighted by atomic mass is 10.0. The van der Waals surface area contributed by atoms with Crippen molar-refractivity contribution in [1.82, 2.24) is 19.9 Å². The number of sulfonamides is 1. The molecule has 10 nitrogen and oxygen atoms in total. The molecule has 4 aromatic rings. The summed E-state index contributed by atoms with van der Waals surface area (Å²) in [7, 11) is -0.989. The van der Waals surface area contributed by atoms with E-state index in [-0.39, 0.29) is 21.6 Å². The number of nitrogen functional groups attached to an aromatic ring is 1. The third kappa shape index (κ3) is 4.20. The van der Waals surface area contributed by atoms with Crippen molar-refractivity contribution in [2.75, 3.05) is 29.9 Å². The number of nitrogens with two attached hydrogens (primary N) is 1. The van der Waals surface area contributed by atoms with Gasteiger partial charge in [0.05, 0.1) is 12.1 Å². The molecule has 0 bridgehead atoms. The Kier molecular flexibility index (Phi) is 5.68. The predicted molar refractivity (Wildman–Crippen MR) is 123 cm³/mol. The number of hydrogen-bond donors (Lipinski definition) is 3. The van der Waals surface area contributed by atoms with Crippen LogP contribution in [-0.4, -0.2) is 42.5 Å². The first-order valence-corrected chi connectivity index (χ1v) is 11.1. The number of nitrogens with zero attached hydrogens (tertiary/aromatic N) is 4. The number of methoxy groups -OCH3 is 1. The molecule has 32 heavy (non-hydrogen) atoms. The van der Waals surface area contributed by atoms with Crippen molar-refractivity contribution in [3.8, 4) is 17.0 Å². The molecule has 0 radical (unpaired) electrons. The molecule has 0 aliphatic rings. The van der Waals surface area contributed by atoms with Gasteiger partial charge in [-0.25, -0.2) is 23.4 Å². The van der Waals surface area contributed by atoms with E-state index in [1.807, 2.05) is 0 Å². The van der Waals surface area contributed by atoms with Crippen LogP contribution in [0.4, 0.5) is 17.5 Å². The van der Waals surface area contributed by atoms with Crippen LogP contribution in [0, 0.1) is 0 Å². The van der Waals surface area contributed by atoms with Gasteiger partial charge in [-0.15, -0.1) is 0 Å². The van der Waals surface area contributed by atoms with Crippen LogP contribution in [0.3, 0.4) is 0 Å². The van der Waals surface area contributed by atoms with Gasteiger partial charge in [-0.05, 0) is 29.8 Å². The molecule has 0 amide bonds. The number of hydrogen-bond acceptors (Lipinski definition) is 9. The van der Waals surface area contributed by atoms with E-state index >= 15 is 0 Å². The Morgan fingerprint density at radius 2 is 1.91 bits per heavy atom. The van der Waals surface area contributed by atoms with E-state index in [0.717, 1.165) is 0 Å². The van der Waals surface area contributed by atoms with Crippen LogP contribution in [0.1, 0.15) is 0 Å². The van der Waals surface area contributed by atoms with Gasteiger partial charge in [0.1, 0.15) is 5.82 Å². The van der Waals surface area contributed by atoms with Gasteiger partial charge in [-0.1, -0.05) is 23.7 Å². The minimum absolute atomic E-state index is 0.0676. The molecule has 1 aromatic carbocycles. The molecule has 0 atom stereocenters. The summed E-state index contributed by atoms with van der Waals surface area (Å²) in [5.41, 5.74) is 8.19. The number of halogens is 1. The molecule has 3 heterocycles. The molecule has 4 rings (SSSR count). The third-order valence-corrected chi connectivity index (χ3v) is 6.10. The van der Waals surface area contributed by atoms with Crippen molar-refractivity contribution in [3.05, 3.63) is 53.8 Å². The van der Waals surface area contributed by atoms with Crippen molar-refractivity contribution in [2.45, 2.75) is 4.90 Å². The standard InChI is InChI=1S/C20H18ClN7O3S/c1-23-20-25-9-12-7-15(17(22)26-18(12)27-20)11-4-3-5-14(6-11)28-32(29,30)16-8-13(21)10-24-19(16)31-2/h3-10,28H,1-2H3,(H3,22,23,25,26,27). The lowest BCUT2D eigenvalue weighted by molar-refractivity contribution is 0.385. The van der Waals surface area contributed by atoms with E-state index in [0.29, 0.717) is 33.8 Å². The van der Waals surface area contributed by atoms with Crippen molar-refractivity contribution in [3.63, 3.8) is 0 Å². The Balaban J connectivity index is 1.72. The third-order valence-electron chi connectivity index (χ3n) is 4.52. The van der Waals surface area contributed by atoms with Gasteiger partial charge >= 0.3 is 0 Å². The summed E-state index contributed by atoms with van der Waals surface area (Å²) in [6, 6.07) is 9.81. The monoisotopic (exact) mass is 471 g/mol. The van der Waals surface area contributed by atoms with Crippen LogP contribution in [-0.2, 0) is 10.0 Å². The van der Waals surface area contributed by atoms with E-state index in [4.69, 9.17) is 22.1 Å². The van der Waals surface area contributed by atoms with E-state index in [2.05, 4.69) is 30.0 Å². The van der Waals surface area contributed by atoms with Crippen LogP contribution in [0.25, 0.3) is 22.2 Å². The molecule has 0 aliphatic heterocycles. The SMILES string of the molecule is CNc1ncc2cc(-c3cccc(NS(=O)(=O)c4cc(Cl)cnc4OC)c3)c(N)nc2n1. The van der Waals surface area contributed by atoms with Gasteiger partial charge in [-0.3, -0.25) is 4.72 Å². The summed E-state index contributed by atoms with van der Waals surface area (Å²) in [5, 5.41) is 3.70. The maximum Gasteiger partial charge on any atom is 0.267 e. The summed E-state index contributed by atoms with van der Waals surface area (Å²) in [6.07, 6.45) is 2.94. The topological polar surface area (TPSA) is 145 Å². The van der Waals surface area contributed by atoms with Gasteiger partial charge < -0.3 is 15.8 Å². The van der Waals surface area contributed by atoms with E-state index in [1.165, 1.54) is 19.4 Å². The van der Waals surface area contributed by atoms with Crippen LogP contribution >= 0.6 is 11.6 Å². The first kappa shape index (κ1) is 21.5. The molecule has 164 valence electrons. The molecule has 4 N–H and O–H groups in total. The number of pyridine rings is 2. The Hall–Kier alpha value is -3.70. The van der Waals surface area contributed by atoms with Crippen LogP contribution < -0.4 is 20.5 Å². The number of benzene rings is 1. The maximum atomic E-state index is 12.9. The highest BCUT2D eigenvalue weighted by molar-refractivity contribution is 7.92. The Labute approximate surface area is 188 Å². The smallest absolute Gasteiger partial charge is 0.267 e. The summed E-state index contributed by atoms with van der Waals surface area (Å²) >= 11 is 5.93. The van der Waals surface area contributed by atoms with Crippen LogP contribution in [0.2, 0.25) is 5.02 Å². The van der Waals surface area contributed by atoms with Gasteiger partial charge in [0.25, 0.3) is 10.0 Å². The number of ether oxygens (including phenoxy) is 1. The fraction of sp³-hybridized carbons (Fsp3) is 0.100. The number of anilines is 3. The average molecular weight is 472 g/mol. The second-order valence-electron chi connectivity index (χ2n) is 6.62. The highest BCUT2D eigenvalue weighted by atomic mass is 35.5. The largest absolute Gasteiger partial charge is 0.480 e. The fourth-order valence-corrected chi connectivity index (χ4v) is 4.46. The first-order chi connectivity index (χ1) is 15.3. The summed E-state index contributed by atoms with van der Waals surface area (Å²) < 4.78 is 33.4. The van der Waals surface area contributed by atoms with Crippen molar-refractivity contribution in [1.29, 1.82) is 0 Å². The highest BCUT2D eigenvalue weighted by Gasteiger charge is 2.22. The molecule has 0 spiro atoms. The molecular formula is C20H18ClN7O3S. The molecule has 0 saturated heterocycles. The molecule has 12 heteroatoms. The molecular weight excluding hydrogens is 454 g/mol. The van der Waals surface area contributed by atoms with Gasteiger partial charge in [0, 0.05) is 36.1 Å². The van der Waals surface area contributed by atoms with Crippen molar-refractivity contribution < 1.29 is 13.2 Å². The number of nitrogens with one attached hydrogen (secondary N) is 2. The van der Waals surface area contributed by atoms with E-state index < -0.39 is 10.0 Å². The van der Waals surface area contributed by atoms with E-state index in [1.54, 1.807) is 43.6 Å². The Bertz CT molecular complexity index is 1430. The lowest BCUT2D eigenvalue weighted by Crippen LogP contribution is -2.14. The van der Waals surface area contributed by atoms with Crippen LogP contribution in [0.5, 0.6) is 5.88 Å². The Morgan fingerprint density at radius 3 is 2.66 bits per heavy atom. The second kappa shape index (κ2) is 8.44. The molecule has 0 saturated carbocycles. The summed E-state index contributed by atoms with van der Waals surface area (Å²) in [4.78, 5) is 16.6.